The Balaban J connectivity index is 1.72. The van der Waals surface area contributed by atoms with Crippen LogP contribution in [0.15, 0.2) is 53.1 Å². The molecule has 122 valence electrons. The summed E-state index contributed by atoms with van der Waals surface area (Å²) in [5, 5.41) is 7.19. The predicted octanol–water partition coefficient (Wildman–Crippen LogP) is 4.62. The number of amides is 1. The van der Waals surface area contributed by atoms with E-state index < -0.39 is 5.82 Å². The second-order valence-electron chi connectivity index (χ2n) is 5.30. The fourth-order valence-electron chi connectivity index (χ4n) is 2.28. The zero-order valence-electron chi connectivity index (χ0n) is 12.8. The molecule has 0 aliphatic carbocycles. The third kappa shape index (κ3) is 3.46. The molecule has 3 rings (SSSR count). The maximum absolute atomic E-state index is 13.7. The second kappa shape index (κ2) is 6.84. The average Bonchev–Trinajstić information content (AvgIpc) is 3.00. The molecule has 0 aliphatic rings. The minimum Gasteiger partial charge on any atom is -0.356 e. The molecule has 4 nitrogen and oxygen atoms in total. The molecule has 1 aromatic heterocycles. The molecule has 0 aliphatic heterocycles. The number of carbonyl (C=O) groups excluding carboxylic acids is 1. The lowest BCUT2D eigenvalue weighted by atomic mass is 10.1. The Morgan fingerprint density at radius 1 is 1.25 bits per heavy atom. The molecule has 0 radical (unpaired) electrons. The van der Waals surface area contributed by atoms with Crippen LogP contribution in [-0.4, -0.2) is 11.1 Å². The van der Waals surface area contributed by atoms with Crippen LogP contribution in [0.1, 0.15) is 11.3 Å². The van der Waals surface area contributed by atoms with Crippen LogP contribution >= 0.6 is 11.6 Å². The molecule has 6 heteroatoms. The van der Waals surface area contributed by atoms with Gasteiger partial charge in [-0.15, -0.1) is 0 Å². The van der Waals surface area contributed by atoms with Crippen molar-refractivity contribution in [1.82, 2.24) is 5.16 Å². The molecule has 0 fully saturated rings. The van der Waals surface area contributed by atoms with Gasteiger partial charge in [0.25, 0.3) is 0 Å². The number of halogens is 2. The first-order valence-electron chi connectivity index (χ1n) is 7.30. The summed E-state index contributed by atoms with van der Waals surface area (Å²) in [6.45, 7) is 1.82. The standard InChI is InChI=1S/C18H14ClFN2O2/c1-11-14(19)6-4-8-16(11)21-18(23)10-12-9-17(24-22-12)13-5-2-3-7-15(13)20/h2-9H,10H2,1H3,(H,21,23). The third-order valence-electron chi connectivity index (χ3n) is 3.58. The van der Waals surface area contributed by atoms with Crippen LogP contribution in [-0.2, 0) is 11.2 Å². The first kappa shape index (κ1) is 16.2. The second-order valence-corrected chi connectivity index (χ2v) is 5.71. The maximum Gasteiger partial charge on any atom is 0.230 e. The third-order valence-corrected chi connectivity index (χ3v) is 3.99. The minimum atomic E-state index is -0.404. The van der Waals surface area contributed by atoms with Crippen LogP contribution in [0.4, 0.5) is 10.1 Å². The van der Waals surface area contributed by atoms with Crippen molar-refractivity contribution in [2.45, 2.75) is 13.3 Å². The Kier molecular flexibility index (Phi) is 4.62. The average molecular weight is 345 g/mol. The molecule has 0 bridgehead atoms. The van der Waals surface area contributed by atoms with Crippen molar-refractivity contribution in [3.05, 3.63) is 70.6 Å². The van der Waals surface area contributed by atoms with Gasteiger partial charge >= 0.3 is 0 Å². The Hall–Kier alpha value is -2.66. The van der Waals surface area contributed by atoms with Crippen molar-refractivity contribution in [2.24, 2.45) is 0 Å². The normalized spacial score (nSPS) is 10.6. The van der Waals surface area contributed by atoms with Crippen molar-refractivity contribution in [3.63, 3.8) is 0 Å². The minimum absolute atomic E-state index is 0.0178. The van der Waals surface area contributed by atoms with Gasteiger partial charge in [0.2, 0.25) is 5.91 Å². The summed E-state index contributed by atoms with van der Waals surface area (Å²) in [5.74, 6) is -0.372. The van der Waals surface area contributed by atoms with E-state index in [9.17, 15) is 9.18 Å². The van der Waals surface area contributed by atoms with E-state index in [1.165, 1.54) is 6.07 Å². The van der Waals surface area contributed by atoms with Gasteiger partial charge in [-0.05, 0) is 36.8 Å². The fourth-order valence-corrected chi connectivity index (χ4v) is 2.46. The Morgan fingerprint density at radius 3 is 2.83 bits per heavy atom. The van der Waals surface area contributed by atoms with Crippen LogP contribution in [0, 0.1) is 12.7 Å². The first-order chi connectivity index (χ1) is 11.5. The number of hydrogen-bond donors (Lipinski definition) is 1. The predicted molar refractivity (Wildman–Crippen MR) is 90.4 cm³/mol. The lowest BCUT2D eigenvalue weighted by Gasteiger charge is -2.08. The Labute approximate surface area is 143 Å². The number of aromatic nitrogens is 1. The number of nitrogens with zero attached hydrogens (tertiary/aromatic N) is 1. The molecule has 2 aromatic carbocycles. The monoisotopic (exact) mass is 344 g/mol. The van der Waals surface area contributed by atoms with Crippen LogP contribution in [0.2, 0.25) is 5.02 Å². The number of benzene rings is 2. The molecule has 0 saturated carbocycles. The van der Waals surface area contributed by atoms with E-state index in [0.29, 0.717) is 22.0 Å². The van der Waals surface area contributed by atoms with Gasteiger partial charge in [0.1, 0.15) is 5.82 Å². The molecule has 3 aromatic rings. The lowest BCUT2D eigenvalue weighted by Crippen LogP contribution is -2.15. The number of hydrogen-bond acceptors (Lipinski definition) is 3. The van der Waals surface area contributed by atoms with Crippen LogP contribution in [0.3, 0.4) is 0 Å². The molecule has 1 amide bonds. The van der Waals surface area contributed by atoms with Crippen molar-refractivity contribution < 1.29 is 13.7 Å². The van der Waals surface area contributed by atoms with Crippen molar-refractivity contribution in [2.75, 3.05) is 5.32 Å². The quantitative estimate of drug-likeness (QED) is 0.751. The van der Waals surface area contributed by atoms with E-state index in [2.05, 4.69) is 10.5 Å². The van der Waals surface area contributed by atoms with Crippen molar-refractivity contribution in [1.29, 1.82) is 0 Å². The van der Waals surface area contributed by atoms with E-state index in [4.69, 9.17) is 16.1 Å². The van der Waals surface area contributed by atoms with Gasteiger partial charge in [-0.1, -0.05) is 35.0 Å². The highest BCUT2D eigenvalue weighted by Gasteiger charge is 2.14. The number of anilines is 1. The summed E-state index contributed by atoms with van der Waals surface area (Å²) < 4.78 is 18.9. The maximum atomic E-state index is 13.7. The van der Waals surface area contributed by atoms with Gasteiger partial charge in [0.05, 0.1) is 17.7 Å². The van der Waals surface area contributed by atoms with Gasteiger partial charge in [0.15, 0.2) is 5.76 Å². The summed E-state index contributed by atoms with van der Waals surface area (Å²) in [6, 6.07) is 13.1. The first-order valence-corrected chi connectivity index (χ1v) is 7.68. The van der Waals surface area contributed by atoms with Crippen LogP contribution in [0.25, 0.3) is 11.3 Å². The molecule has 24 heavy (non-hydrogen) atoms. The molecule has 0 saturated heterocycles. The van der Waals surface area contributed by atoms with Gasteiger partial charge < -0.3 is 9.84 Å². The van der Waals surface area contributed by atoms with E-state index >= 15 is 0 Å². The number of carbonyl (C=O) groups is 1. The Morgan fingerprint density at radius 2 is 2.04 bits per heavy atom. The summed E-state index contributed by atoms with van der Waals surface area (Å²) in [6.07, 6.45) is 0.0178. The van der Waals surface area contributed by atoms with E-state index in [-0.39, 0.29) is 18.1 Å². The molecule has 0 atom stereocenters. The van der Waals surface area contributed by atoms with Gasteiger partial charge in [-0.25, -0.2) is 4.39 Å². The van der Waals surface area contributed by atoms with E-state index in [1.807, 2.05) is 6.92 Å². The van der Waals surface area contributed by atoms with Crippen LogP contribution in [0.5, 0.6) is 0 Å². The number of rotatable bonds is 4. The number of nitrogens with one attached hydrogen (secondary N) is 1. The van der Waals surface area contributed by atoms with Gasteiger partial charge in [-0.3, -0.25) is 4.79 Å². The highest BCUT2D eigenvalue weighted by Crippen LogP contribution is 2.25. The van der Waals surface area contributed by atoms with E-state index in [0.717, 1.165) is 5.56 Å². The summed E-state index contributed by atoms with van der Waals surface area (Å²) >= 11 is 6.03. The molecule has 1 heterocycles. The Bertz CT molecular complexity index is 892. The topological polar surface area (TPSA) is 55.1 Å². The molecule has 1 N–H and O–H groups in total. The van der Waals surface area contributed by atoms with Crippen molar-refractivity contribution in [3.8, 4) is 11.3 Å². The summed E-state index contributed by atoms with van der Waals surface area (Å²) in [4.78, 5) is 12.1. The highest BCUT2D eigenvalue weighted by molar-refractivity contribution is 6.31. The van der Waals surface area contributed by atoms with E-state index in [1.54, 1.807) is 42.5 Å². The zero-order chi connectivity index (χ0) is 17.1. The zero-order valence-corrected chi connectivity index (χ0v) is 13.6. The molecular formula is C18H14ClFN2O2. The SMILES string of the molecule is Cc1c(Cl)cccc1NC(=O)Cc1cc(-c2ccccc2F)on1. The smallest absolute Gasteiger partial charge is 0.230 e. The molecular weight excluding hydrogens is 331 g/mol. The summed E-state index contributed by atoms with van der Waals surface area (Å²) in [5.41, 5.74) is 2.16. The molecule has 0 spiro atoms. The summed E-state index contributed by atoms with van der Waals surface area (Å²) in [7, 11) is 0. The van der Waals surface area contributed by atoms with Crippen molar-refractivity contribution >= 4 is 23.2 Å². The molecule has 0 unspecified atom stereocenters. The largest absolute Gasteiger partial charge is 0.356 e. The van der Waals surface area contributed by atoms with Gasteiger partial charge in [0, 0.05) is 16.8 Å². The fraction of sp³-hybridized carbons (Fsp3) is 0.111. The van der Waals surface area contributed by atoms with Crippen LogP contribution < -0.4 is 5.32 Å². The van der Waals surface area contributed by atoms with Gasteiger partial charge in [-0.2, -0.15) is 0 Å². The lowest BCUT2D eigenvalue weighted by molar-refractivity contribution is -0.115. The highest BCUT2D eigenvalue weighted by atomic mass is 35.5.